The third kappa shape index (κ3) is 3.76. The van der Waals surface area contributed by atoms with E-state index in [1.807, 2.05) is 6.92 Å². The van der Waals surface area contributed by atoms with Crippen LogP contribution < -0.4 is 0 Å². The van der Waals surface area contributed by atoms with Crippen molar-refractivity contribution in [3.05, 3.63) is 35.1 Å². The van der Waals surface area contributed by atoms with Crippen LogP contribution in [0.4, 0.5) is 4.39 Å². The summed E-state index contributed by atoms with van der Waals surface area (Å²) < 4.78 is 13.3. The molecule has 1 aliphatic heterocycles. The Morgan fingerprint density at radius 2 is 2.21 bits per heavy atom. The number of nitrogens with zero attached hydrogens (tertiary/aromatic N) is 2. The van der Waals surface area contributed by atoms with E-state index in [9.17, 15) is 9.50 Å². The third-order valence-electron chi connectivity index (χ3n) is 3.74. The molecule has 0 aliphatic carbocycles. The molecule has 2 rings (SSSR count). The molecule has 0 spiro atoms. The van der Waals surface area contributed by atoms with E-state index in [1.165, 1.54) is 18.2 Å². The topological polar surface area (TPSA) is 47.3 Å². The molecule has 0 aromatic heterocycles. The normalized spacial score (nSPS) is 24.7. The molecule has 1 unspecified atom stereocenters. The van der Waals surface area contributed by atoms with Crippen LogP contribution in [0, 0.1) is 17.1 Å². The lowest BCUT2D eigenvalue weighted by atomic mass is 9.98. The minimum absolute atomic E-state index is 0.309. The van der Waals surface area contributed by atoms with Gasteiger partial charge < -0.3 is 5.11 Å². The Kier molecular flexibility index (Phi) is 4.18. The van der Waals surface area contributed by atoms with E-state index in [1.54, 1.807) is 0 Å². The van der Waals surface area contributed by atoms with Crippen LogP contribution in [0.1, 0.15) is 37.3 Å². The fourth-order valence-corrected chi connectivity index (χ4v) is 2.52. The molecule has 102 valence electrons. The second-order valence-corrected chi connectivity index (χ2v) is 5.54. The van der Waals surface area contributed by atoms with Gasteiger partial charge in [0.05, 0.1) is 17.2 Å². The number of rotatable bonds is 2. The van der Waals surface area contributed by atoms with Crippen LogP contribution in [0.2, 0.25) is 0 Å². The number of nitriles is 1. The van der Waals surface area contributed by atoms with Crippen LogP contribution in [0.15, 0.2) is 18.2 Å². The largest absolute Gasteiger partial charge is 0.390 e. The van der Waals surface area contributed by atoms with Crippen LogP contribution in [-0.2, 0) is 6.54 Å². The molecule has 1 aromatic rings. The molecule has 0 saturated carbocycles. The molecule has 1 fully saturated rings. The fourth-order valence-electron chi connectivity index (χ4n) is 2.52. The smallest absolute Gasteiger partial charge is 0.123 e. The average Bonchev–Trinajstić information content (AvgIpc) is 2.51. The monoisotopic (exact) mass is 262 g/mol. The van der Waals surface area contributed by atoms with Gasteiger partial charge in [-0.3, -0.25) is 4.90 Å². The lowest BCUT2D eigenvalue weighted by molar-refractivity contribution is 0.0444. The number of hydrogen-bond donors (Lipinski definition) is 1. The Morgan fingerprint density at radius 1 is 1.42 bits per heavy atom. The first kappa shape index (κ1) is 14.0. The minimum atomic E-state index is -0.602. The Bertz CT molecular complexity index is 493. The van der Waals surface area contributed by atoms with Crippen molar-refractivity contribution in [3.63, 3.8) is 0 Å². The Morgan fingerprint density at radius 3 is 2.95 bits per heavy atom. The maximum atomic E-state index is 13.3. The van der Waals surface area contributed by atoms with Crippen LogP contribution in [0.25, 0.3) is 0 Å². The summed E-state index contributed by atoms with van der Waals surface area (Å²) in [6.45, 7) is 4.07. The first-order chi connectivity index (χ1) is 9.00. The van der Waals surface area contributed by atoms with Gasteiger partial charge in [0.1, 0.15) is 5.82 Å². The molecule has 1 aromatic carbocycles. The zero-order chi connectivity index (χ0) is 13.9. The highest BCUT2D eigenvalue weighted by Gasteiger charge is 2.25. The minimum Gasteiger partial charge on any atom is -0.390 e. The lowest BCUT2D eigenvalue weighted by Gasteiger charge is -2.22. The predicted octanol–water partition coefficient (Wildman–Crippen LogP) is 2.43. The van der Waals surface area contributed by atoms with Gasteiger partial charge in [-0.15, -0.1) is 0 Å². The van der Waals surface area contributed by atoms with Gasteiger partial charge in [0.25, 0.3) is 0 Å². The van der Waals surface area contributed by atoms with Crippen molar-refractivity contribution in [2.45, 2.75) is 38.3 Å². The Hall–Kier alpha value is -1.44. The van der Waals surface area contributed by atoms with Gasteiger partial charge in [-0.05, 0) is 56.5 Å². The van der Waals surface area contributed by atoms with Crippen LogP contribution in [-0.4, -0.2) is 28.7 Å². The molecule has 3 nitrogen and oxygen atoms in total. The van der Waals surface area contributed by atoms with E-state index >= 15 is 0 Å². The maximum absolute atomic E-state index is 13.3. The molecular formula is C15H19FN2O. The number of hydrogen-bond acceptors (Lipinski definition) is 3. The summed E-state index contributed by atoms with van der Waals surface area (Å²) in [5.74, 6) is -0.309. The summed E-state index contributed by atoms with van der Waals surface area (Å²) in [6.07, 6.45) is 2.42. The number of aliphatic hydroxyl groups is 1. The molecule has 1 aliphatic rings. The van der Waals surface area contributed by atoms with Crippen molar-refractivity contribution in [1.82, 2.24) is 4.90 Å². The zero-order valence-corrected chi connectivity index (χ0v) is 11.2. The highest BCUT2D eigenvalue weighted by molar-refractivity contribution is 5.37. The first-order valence-corrected chi connectivity index (χ1v) is 6.63. The molecule has 1 atom stereocenters. The van der Waals surface area contributed by atoms with E-state index in [4.69, 9.17) is 5.26 Å². The molecular weight excluding hydrogens is 243 g/mol. The molecule has 0 amide bonds. The highest BCUT2D eigenvalue weighted by atomic mass is 19.1. The molecule has 0 bridgehead atoms. The van der Waals surface area contributed by atoms with Crippen molar-refractivity contribution >= 4 is 0 Å². The summed E-state index contributed by atoms with van der Waals surface area (Å²) in [4.78, 5) is 2.18. The van der Waals surface area contributed by atoms with Crippen molar-refractivity contribution < 1.29 is 9.50 Å². The molecule has 1 heterocycles. The van der Waals surface area contributed by atoms with E-state index in [0.717, 1.165) is 31.5 Å². The maximum Gasteiger partial charge on any atom is 0.123 e. The Balaban J connectivity index is 2.09. The van der Waals surface area contributed by atoms with Crippen molar-refractivity contribution in [1.29, 1.82) is 5.26 Å². The van der Waals surface area contributed by atoms with Gasteiger partial charge in [-0.25, -0.2) is 4.39 Å². The van der Waals surface area contributed by atoms with Crippen LogP contribution in [0.3, 0.4) is 0 Å². The second kappa shape index (κ2) is 5.68. The molecule has 0 radical (unpaired) electrons. The quantitative estimate of drug-likeness (QED) is 0.890. The SMILES string of the molecule is CC1(O)CCCN(Cc2cc(F)ccc2C#N)CC1. The molecule has 1 saturated heterocycles. The van der Waals surface area contributed by atoms with Crippen LogP contribution >= 0.6 is 0 Å². The number of likely N-dealkylation sites (tertiary alicyclic amines) is 1. The summed E-state index contributed by atoms with van der Waals surface area (Å²) >= 11 is 0. The zero-order valence-electron chi connectivity index (χ0n) is 11.2. The van der Waals surface area contributed by atoms with E-state index in [2.05, 4.69) is 11.0 Å². The van der Waals surface area contributed by atoms with Gasteiger partial charge in [-0.2, -0.15) is 5.26 Å². The van der Waals surface area contributed by atoms with E-state index in [-0.39, 0.29) is 5.82 Å². The van der Waals surface area contributed by atoms with Gasteiger partial charge >= 0.3 is 0 Å². The van der Waals surface area contributed by atoms with Crippen molar-refractivity contribution in [3.8, 4) is 6.07 Å². The van der Waals surface area contributed by atoms with Crippen molar-refractivity contribution in [2.75, 3.05) is 13.1 Å². The summed E-state index contributed by atoms with van der Waals surface area (Å²) in [7, 11) is 0. The van der Waals surface area contributed by atoms with Gasteiger partial charge in [-0.1, -0.05) is 0 Å². The standard InChI is InChI=1S/C15H19FN2O/c1-15(19)5-2-7-18(8-6-15)11-13-9-14(16)4-3-12(13)10-17/h3-4,9,19H,2,5-8,11H2,1H3. The third-order valence-corrected chi connectivity index (χ3v) is 3.74. The average molecular weight is 262 g/mol. The van der Waals surface area contributed by atoms with Gasteiger partial charge in [0, 0.05) is 13.1 Å². The lowest BCUT2D eigenvalue weighted by Crippen LogP contribution is -2.28. The fraction of sp³-hybridized carbons (Fsp3) is 0.533. The number of halogens is 1. The van der Waals surface area contributed by atoms with E-state index < -0.39 is 5.60 Å². The van der Waals surface area contributed by atoms with Crippen LogP contribution in [0.5, 0.6) is 0 Å². The molecule has 4 heteroatoms. The van der Waals surface area contributed by atoms with Gasteiger partial charge in [0.15, 0.2) is 0 Å². The molecule has 19 heavy (non-hydrogen) atoms. The van der Waals surface area contributed by atoms with E-state index in [0.29, 0.717) is 18.5 Å². The molecule has 1 N–H and O–H groups in total. The number of benzene rings is 1. The van der Waals surface area contributed by atoms with Gasteiger partial charge in [0.2, 0.25) is 0 Å². The summed E-state index contributed by atoms with van der Waals surface area (Å²) in [6, 6.07) is 6.37. The summed E-state index contributed by atoms with van der Waals surface area (Å²) in [5, 5.41) is 19.1. The summed E-state index contributed by atoms with van der Waals surface area (Å²) in [5.41, 5.74) is 0.649. The second-order valence-electron chi connectivity index (χ2n) is 5.54. The first-order valence-electron chi connectivity index (χ1n) is 6.63. The highest BCUT2D eigenvalue weighted by Crippen LogP contribution is 2.23. The van der Waals surface area contributed by atoms with Crippen molar-refractivity contribution in [2.24, 2.45) is 0 Å². The predicted molar refractivity (Wildman–Crippen MR) is 70.9 cm³/mol. The Labute approximate surface area is 113 Å².